The van der Waals surface area contributed by atoms with Crippen LogP contribution in [0.15, 0.2) is 40.9 Å². The molecule has 1 atom stereocenters. The first-order valence-electron chi connectivity index (χ1n) is 6.82. The molecule has 0 aliphatic rings. The summed E-state index contributed by atoms with van der Waals surface area (Å²) >= 11 is 3.48. The molecule has 0 spiro atoms. The first-order chi connectivity index (χ1) is 10.0. The number of methoxy groups -OCH3 is 1. The van der Waals surface area contributed by atoms with E-state index in [1.54, 1.807) is 7.11 Å². The fourth-order valence-corrected chi connectivity index (χ4v) is 2.70. The van der Waals surface area contributed by atoms with Crippen molar-refractivity contribution in [3.63, 3.8) is 0 Å². The van der Waals surface area contributed by atoms with Crippen molar-refractivity contribution in [1.29, 1.82) is 0 Å². The maximum atomic E-state index is 6.01. The van der Waals surface area contributed by atoms with Crippen molar-refractivity contribution in [2.45, 2.75) is 26.5 Å². The van der Waals surface area contributed by atoms with Crippen LogP contribution in [0.25, 0.3) is 0 Å². The van der Waals surface area contributed by atoms with Gasteiger partial charge >= 0.3 is 0 Å². The largest absolute Gasteiger partial charge is 0.496 e. The van der Waals surface area contributed by atoms with Crippen LogP contribution in [0.1, 0.15) is 29.7 Å². The zero-order valence-electron chi connectivity index (χ0n) is 12.5. The van der Waals surface area contributed by atoms with Gasteiger partial charge in [0.2, 0.25) is 0 Å². The maximum Gasteiger partial charge on any atom is 0.133 e. The summed E-state index contributed by atoms with van der Waals surface area (Å²) in [4.78, 5) is 0. The standard InChI is InChI=1S/C17H20BrNO2/c1-11-4-6-16(14(8-11)12(2)19)21-10-13-5-7-17(20-3)15(18)9-13/h4-9,12H,10,19H2,1-3H3/t12-/m0/s1. The molecule has 2 aromatic carbocycles. The average Bonchev–Trinajstić information content (AvgIpc) is 2.46. The van der Waals surface area contributed by atoms with Crippen molar-refractivity contribution in [2.75, 3.05) is 7.11 Å². The molecule has 0 aromatic heterocycles. The lowest BCUT2D eigenvalue weighted by Gasteiger charge is -2.15. The quantitative estimate of drug-likeness (QED) is 0.871. The summed E-state index contributed by atoms with van der Waals surface area (Å²) in [6, 6.07) is 11.9. The van der Waals surface area contributed by atoms with Gasteiger partial charge in [-0.2, -0.15) is 0 Å². The third-order valence-corrected chi connectivity index (χ3v) is 3.89. The van der Waals surface area contributed by atoms with Crippen LogP contribution in [0, 0.1) is 6.92 Å². The Kier molecular flexibility index (Phi) is 5.26. The lowest BCUT2D eigenvalue weighted by Crippen LogP contribution is -2.08. The second-order valence-electron chi connectivity index (χ2n) is 5.09. The Bertz CT molecular complexity index is 626. The SMILES string of the molecule is COc1ccc(COc2ccc(C)cc2[C@H](C)N)cc1Br. The van der Waals surface area contributed by atoms with E-state index in [2.05, 4.69) is 28.9 Å². The molecule has 0 saturated carbocycles. The van der Waals surface area contributed by atoms with Gasteiger partial charge in [-0.15, -0.1) is 0 Å². The van der Waals surface area contributed by atoms with E-state index in [1.165, 1.54) is 5.56 Å². The smallest absolute Gasteiger partial charge is 0.133 e. The second-order valence-corrected chi connectivity index (χ2v) is 5.94. The van der Waals surface area contributed by atoms with Crippen LogP contribution in [0.5, 0.6) is 11.5 Å². The molecular formula is C17H20BrNO2. The molecule has 2 rings (SSSR count). The summed E-state index contributed by atoms with van der Waals surface area (Å²) in [6.45, 7) is 4.51. The van der Waals surface area contributed by atoms with Crippen molar-refractivity contribution in [2.24, 2.45) is 5.73 Å². The molecule has 0 unspecified atom stereocenters. The van der Waals surface area contributed by atoms with E-state index in [0.717, 1.165) is 27.1 Å². The van der Waals surface area contributed by atoms with E-state index >= 15 is 0 Å². The number of aryl methyl sites for hydroxylation is 1. The fourth-order valence-electron chi connectivity index (χ4n) is 2.12. The lowest BCUT2D eigenvalue weighted by atomic mass is 10.1. The molecule has 0 amide bonds. The monoisotopic (exact) mass is 349 g/mol. The van der Waals surface area contributed by atoms with Gasteiger partial charge in [0.15, 0.2) is 0 Å². The molecule has 3 nitrogen and oxygen atoms in total. The maximum absolute atomic E-state index is 6.01. The second kappa shape index (κ2) is 6.96. The van der Waals surface area contributed by atoms with Gasteiger partial charge < -0.3 is 15.2 Å². The number of benzene rings is 2. The number of rotatable bonds is 5. The first-order valence-corrected chi connectivity index (χ1v) is 7.62. The molecule has 21 heavy (non-hydrogen) atoms. The molecule has 0 fully saturated rings. The van der Waals surface area contributed by atoms with Gasteiger partial charge in [0.1, 0.15) is 18.1 Å². The molecule has 112 valence electrons. The Morgan fingerprint density at radius 3 is 2.48 bits per heavy atom. The van der Waals surface area contributed by atoms with Gasteiger partial charge in [0, 0.05) is 11.6 Å². The van der Waals surface area contributed by atoms with E-state index in [4.69, 9.17) is 15.2 Å². The number of hydrogen-bond acceptors (Lipinski definition) is 3. The van der Waals surface area contributed by atoms with Crippen LogP contribution < -0.4 is 15.2 Å². The Balaban J connectivity index is 2.15. The van der Waals surface area contributed by atoms with Crippen LogP contribution >= 0.6 is 15.9 Å². The van der Waals surface area contributed by atoms with Crippen LogP contribution in [0.3, 0.4) is 0 Å². The van der Waals surface area contributed by atoms with Gasteiger partial charge in [-0.1, -0.05) is 23.8 Å². The predicted octanol–water partition coefficient (Wildman–Crippen LogP) is 4.36. The summed E-state index contributed by atoms with van der Waals surface area (Å²) in [7, 11) is 1.65. The number of ether oxygens (including phenoxy) is 2. The van der Waals surface area contributed by atoms with E-state index in [1.807, 2.05) is 37.3 Å². The molecule has 0 aliphatic heterocycles. The third kappa shape index (κ3) is 3.99. The molecule has 4 heteroatoms. The van der Waals surface area contributed by atoms with Gasteiger partial charge in [0.05, 0.1) is 11.6 Å². The minimum absolute atomic E-state index is 0.0532. The molecular weight excluding hydrogens is 330 g/mol. The zero-order chi connectivity index (χ0) is 15.4. The average molecular weight is 350 g/mol. The predicted molar refractivity (Wildman–Crippen MR) is 88.8 cm³/mol. The highest BCUT2D eigenvalue weighted by atomic mass is 79.9. The lowest BCUT2D eigenvalue weighted by molar-refractivity contribution is 0.301. The van der Waals surface area contributed by atoms with Crippen LogP contribution in [0.2, 0.25) is 0 Å². The number of hydrogen-bond donors (Lipinski definition) is 1. The summed E-state index contributed by atoms with van der Waals surface area (Å²) in [5.74, 6) is 1.65. The van der Waals surface area contributed by atoms with Crippen LogP contribution in [-0.2, 0) is 6.61 Å². The minimum Gasteiger partial charge on any atom is -0.496 e. The molecule has 2 aromatic rings. The molecule has 0 saturated heterocycles. The van der Waals surface area contributed by atoms with E-state index in [0.29, 0.717) is 6.61 Å². The normalized spacial score (nSPS) is 12.0. The summed E-state index contributed by atoms with van der Waals surface area (Å²) in [6.07, 6.45) is 0. The topological polar surface area (TPSA) is 44.5 Å². The molecule has 0 heterocycles. The van der Waals surface area contributed by atoms with Gasteiger partial charge in [-0.25, -0.2) is 0 Å². The number of halogens is 1. The van der Waals surface area contributed by atoms with Crippen LogP contribution in [-0.4, -0.2) is 7.11 Å². The van der Waals surface area contributed by atoms with Crippen molar-refractivity contribution < 1.29 is 9.47 Å². The first kappa shape index (κ1) is 15.9. The Morgan fingerprint density at radius 1 is 1.14 bits per heavy atom. The number of nitrogens with two attached hydrogens (primary N) is 1. The molecule has 0 aliphatic carbocycles. The summed E-state index contributed by atoms with van der Waals surface area (Å²) in [5.41, 5.74) is 9.29. The highest BCUT2D eigenvalue weighted by Crippen LogP contribution is 2.28. The van der Waals surface area contributed by atoms with Gasteiger partial charge in [-0.3, -0.25) is 0 Å². The molecule has 2 N–H and O–H groups in total. The van der Waals surface area contributed by atoms with Gasteiger partial charge in [-0.05, 0) is 53.5 Å². The Hall–Kier alpha value is -1.52. The Morgan fingerprint density at radius 2 is 1.86 bits per heavy atom. The Labute approximate surface area is 134 Å². The summed E-state index contributed by atoms with van der Waals surface area (Å²) < 4.78 is 12.1. The van der Waals surface area contributed by atoms with E-state index in [9.17, 15) is 0 Å². The van der Waals surface area contributed by atoms with Crippen molar-refractivity contribution in [3.8, 4) is 11.5 Å². The van der Waals surface area contributed by atoms with Crippen molar-refractivity contribution >= 4 is 15.9 Å². The minimum atomic E-state index is -0.0532. The van der Waals surface area contributed by atoms with E-state index in [-0.39, 0.29) is 6.04 Å². The van der Waals surface area contributed by atoms with Gasteiger partial charge in [0.25, 0.3) is 0 Å². The summed E-state index contributed by atoms with van der Waals surface area (Å²) in [5, 5.41) is 0. The molecule has 0 bridgehead atoms. The van der Waals surface area contributed by atoms with Crippen molar-refractivity contribution in [1.82, 2.24) is 0 Å². The van der Waals surface area contributed by atoms with Crippen molar-refractivity contribution in [3.05, 3.63) is 57.6 Å². The zero-order valence-corrected chi connectivity index (χ0v) is 14.1. The van der Waals surface area contributed by atoms with E-state index < -0.39 is 0 Å². The molecule has 0 radical (unpaired) electrons. The highest BCUT2D eigenvalue weighted by Gasteiger charge is 2.09. The fraction of sp³-hybridized carbons (Fsp3) is 0.294. The third-order valence-electron chi connectivity index (χ3n) is 3.27. The van der Waals surface area contributed by atoms with Crippen LogP contribution in [0.4, 0.5) is 0 Å². The highest BCUT2D eigenvalue weighted by molar-refractivity contribution is 9.10.